The summed E-state index contributed by atoms with van der Waals surface area (Å²) in [6.45, 7) is 4.25. The lowest BCUT2D eigenvalue weighted by molar-refractivity contribution is -0.118. The number of benzene rings is 1. The molecule has 148 valence electrons. The van der Waals surface area contributed by atoms with E-state index in [0.29, 0.717) is 17.0 Å². The molecule has 0 radical (unpaired) electrons. The second kappa shape index (κ2) is 8.02. The molecule has 2 aliphatic rings. The van der Waals surface area contributed by atoms with Crippen LogP contribution in [0.25, 0.3) is 0 Å². The van der Waals surface area contributed by atoms with Crippen molar-refractivity contribution < 1.29 is 4.79 Å². The first-order valence-electron chi connectivity index (χ1n) is 9.46. The summed E-state index contributed by atoms with van der Waals surface area (Å²) < 4.78 is 0. The smallest absolute Gasteiger partial charge is 0.162 e. The molecule has 29 heavy (non-hydrogen) atoms. The normalized spacial score (nSPS) is 20.9. The van der Waals surface area contributed by atoms with Gasteiger partial charge in [-0.05, 0) is 41.0 Å². The molecule has 0 bridgehead atoms. The van der Waals surface area contributed by atoms with Crippen molar-refractivity contribution in [1.82, 2.24) is 5.32 Å². The average molecular weight is 441 g/mol. The molecule has 1 N–H and O–H groups in total. The molecule has 1 aromatic heterocycles. The maximum atomic E-state index is 13.1. The zero-order chi connectivity index (χ0) is 20.6. The number of thiophene rings is 1. The van der Waals surface area contributed by atoms with E-state index in [1.165, 1.54) is 0 Å². The van der Waals surface area contributed by atoms with E-state index in [1.807, 2.05) is 41.8 Å². The first-order chi connectivity index (χ1) is 13.9. The van der Waals surface area contributed by atoms with Crippen molar-refractivity contribution in [3.8, 4) is 6.07 Å². The van der Waals surface area contributed by atoms with Crippen LogP contribution in [0.15, 0.2) is 63.7 Å². The molecule has 1 aliphatic heterocycles. The molecular formula is C23H21ClN2OS2. The number of Topliss-reactive ketones (excluding diaryl/α,β-unsaturated/α-hetero) is 1. The number of dihydropyridines is 1. The third kappa shape index (κ3) is 4.16. The third-order valence-corrected chi connectivity index (χ3v) is 7.53. The van der Waals surface area contributed by atoms with Crippen LogP contribution in [0, 0.1) is 16.7 Å². The van der Waals surface area contributed by atoms with Gasteiger partial charge in [-0.2, -0.15) is 5.26 Å². The molecule has 1 atom stereocenters. The van der Waals surface area contributed by atoms with Crippen molar-refractivity contribution in [3.63, 3.8) is 0 Å². The number of rotatable bonds is 4. The number of allylic oxidation sites excluding steroid dienone is 3. The predicted molar refractivity (Wildman–Crippen MR) is 121 cm³/mol. The van der Waals surface area contributed by atoms with Crippen molar-refractivity contribution in [2.45, 2.75) is 38.4 Å². The van der Waals surface area contributed by atoms with Crippen molar-refractivity contribution in [2.24, 2.45) is 5.41 Å². The number of thioether (sulfide) groups is 1. The van der Waals surface area contributed by atoms with Gasteiger partial charge in [0.25, 0.3) is 0 Å². The summed E-state index contributed by atoms with van der Waals surface area (Å²) in [7, 11) is 0. The highest BCUT2D eigenvalue weighted by Crippen LogP contribution is 2.48. The van der Waals surface area contributed by atoms with Gasteiger partial charge in [-0.25, -0.2) is 0 Å². The zero-order valence-electron chi connectivity index (χ0n) is 16.3. The first-order valence-corrected chi connectivity index (χ1v) is 11.7. The summed E-state index contributed by atoms with van der Waals surface area (Å²) in [4.78, 5) is 14.1. The lowest BCUT2D eigenvalue weighted by Crippen LogP contribution is -2.36. The van der Waals surface area contributed by atoms with Gasteiger partial charge in [0.15, 0.2) is 5.78 Å². The minimum absolute atomic E-state index is 0.0843. The highest BCUT2D eigenvalue weighted by Gasteiger charge is 2.42. The summed E-state index contributed by atoms with van der Waals surface area (Å²) >= 11 is 9.20. The van der Waals surface area contributed by atoms with E-state index in [9.17, 15) is 10.1 Å². The van der Waals surface area contributed by atoms with Crippen molar-refractivity contribution in [2.75, 3.05) is 0 Å². The number of ketones is 1. The van der Waals surface area contributed by atoms with E-state index in [1.54, 1.807) is 23.1 Å². The standard InChI is InChI=1S/C23H21ClN2OS2/c1-23(2)10-17-21(18(27)11-23)20(19-4-3-9-28-19)16(12-25)22(26-17)29-13-14-5-7-15(24)8-6-14/h3-9,20,26H,10-11,13H2,1-2H3. The molecule has 1 aliphatic carbocycles. The topological polar surface area (TPSA) is 52.9 Å². The number of nitrogens with zero attached hydrogens (tertiary/aromatic N) is 1. The number of nitrogens with one attached hydrogen (secondary N) is 1. The maximum Gasteiger partial charge on any atom is 0.162 e. The molecule has 6 heteroatoms. The second-order valence-electron chi connectivity index (χ2n) is 8.18. The predicted octanol–water partition coefficient (Wildman–Crippen LogP) is 6.40. The van der Waals surface area contributed by atoms with Crippen LogP contribution in [-0.4, -0.2) is 5.78 Å². The van der Waals surface area contributed by atoms with Crippen LogP contribution >= 0.6 is 34.7 Å². The van der Waals surface area contributed by atoms with E-state index in [4.69, 9.17) is 11.6 Å². The van der Waals surface area contributed by atoms with Gasteiger partial charge in [-0.1, -0.05) is 43.6 Å². The van der Waals surface area contributed by atoms with Gasteiger partial charge in [0.1, 0.15) is 0 Å². The molecule has 1 aromatic carbocycles. The molecule has 1 unspecified atom stereocenters. The minimum Gasteiger partial charge on any atom is -0.352 e. The fraction of sp³-hybridized carbons (Fsp3) is 0.304. The fourth-order valence-electron chi connectivity index (χ4n) is 3.97. The Morgan fingerprint density at radius 1 is 1.28 bits per heavy atom. The SMILES string of the molecule is CC1(C)CC(=O)C2=C(C1)NC(SCc1ccc(Cl)cc1)=C(C#N)C2c1cccs1. The van der Waals surface area contributed by atoms with E-state index in [2.05, 4.69) is 25.2 Å². The van der Waals surface area contributed by atoms with Gasteiger partial charge in [0.2, 0.25) is 0 Å². The van der Waals surface area contributed by atoms with Crippen molar-refractivity contribution >= 4 is 40.5 Å². The quantitative estimate of drug-likeness (QED) is 0.597. The van der Waals surface area contributed by atoms with Gasteiger partial charge in [-0.3, -0.25) is 4.79 Å². The second-order valence-corrected chi connectivity index (χ2v) is 10.6. The minimum atomic E-state index is -0.271. The molecule has 2 heterocycles. The summed E-state index contributed by atoms with van der Waals surface area (Å²) in [6.07, 6.45) is 1.32. The summed E-state index contributed by atoms with van der Waals surface area (Å²) in [6, 6.07) is 14.2. The Kier molecular flexibility index (Phi) is 5.61. The van der Waals surface area contributed by atoms with Crippen LogP contribution < -0.4 is 5.32 Å². The van der Waals surface area contributed by atoms with Crippen molar-refractivity contribution in [3.05, 3.63) is 79.1 Å². The molecule has 3 nitrogen and oxygen atoms in total. The highest BCUT2D eigenvalue weighted by molar-refractivity contribution is 8.02. The number of hydrogen-bond acceptors (Lipinski definition) is 5. The Bertz CT molecular complexity index is 1040. The van der Waals surface area contributed by atoms with Gasteiger partial charge in [0.05, 0.1) is 22.6 Å². The van der Waals surface area contributed by atoms with E-state index in [-0.39, 0.29) is 17.1 Å². The molecule has 0 fully saturated rings. The largest absolute Gasteiger partial charge is 0.352 e. The third-order valence-electron chi connectivity index (χ3n) is 5.25. The summed E-state index contributed by atoms with van der Waals surface area (Å²) in [5, 5.41) is 17.1. The summed E-state index contributed by atoms with van der Waals surface area (Å²) in [5.74, 6) is 0.603. The first kappa shape index (κ1) is 20.3. The zero-order valence-corrected chi connectivity index (χ0v) is 18.7. The van der Waals surface area contributed by atoms with Crippen molar-refractivity contribution in [1.29, 1.82) is 5.26 Å². The Morgan fingerprint density at radius 3 is 2.69 bits per heavy atom. The van der Waals surface area contributed by atoms with Crippen LogP contribution in [0.4, 0.5) is 0 Å². The summed E-state index contributed by atoms with van der Waals surface area (Å²) in [5.41, 5.74) is 3.44. The van der Waals surface area contributed by atoms with Crippen LogP contribution in [0.1, 0.15) is 43.0 Å². The molecule has 0 saturated heterocycles. The number of carbonyl (C=O) groups excluding carboxylic acids is 1. The lowest BCUT2D eigenvalue weighted by Gasteiger charge is -2.38. The van der Waals surface area contributed by atoms with E-state index >= 15 is 0 Å². The Balaban J connectivity index is 1.72. The fourth-order valence-corrected chi connectivity index (χ4v) is 5.95. The Labute approximate surface area is 184 Å². The molecule has 4 rings (SSSR count). The lowest BCUT2D eigenvalue weighted by atomic mass is 9.70. The monoisotopic (exact) mass is 440 g/mol. The molecule has 0 amide bonds. The van der Waals surface area contributed by atoms with Crippen LogP contribution in [-0.2, 0) is 10.5 Å². The molecular weight excluding hydrogens is 420 g/mol. The number of halogens is 1. The van der Waals surface area contributed by atoms with Gasteiger partial charge in [-0.15, -0.1) is 23.1 Å². The van der Waals surface area contributed by atoms with Crippen LogP contribution in [0.2, 0.25) is 5.02 Å². The van der Waals surface area contributed by atoms with Crippen LogP contribution in [0.3, 0.4) is 0 Å². The molecule has 0 spiro atoms. The maximum absolute atomic E-state index is 13.1. The average Bonchev–Trinajstić information content (AvgIpc) is 3.19. The highest BCUT2D eigenvalue weighted by atomic mass is 35.5. The number of carbonyl (C=O) groups is 1. The Morgan fingerprint density at radius 2 is 2.03 bits per heavy atom. The Hall–Kier alpha value is -2.00. The molecule has 0 saturated carbocycles. The van der Waals surface area contributed by atoms with Crippen LogP contribution in [0.5, 0.6) is 0 Å². The van der Waals surface area contributed by atoms with Gasteiger partial charge in [0, 0.05) is 33.3 Å². The van der Waals surface area contributed by atoms with E-state index < -0.39 is 0 Å². The van der Waals surface area contributed by atoms with Gasteiger partial charge >= 0.3 is 0 Å². The number of hydrogen-bond donors (Lipinski definition) is 1. The molecule has 2 aromatic rings. The van der Waals surface area contributed by atoms with Gasteiger partial charge < -0.3 is 5.32 Å². The van der Waals surface area contributed by atoms with E-state index in [0.717, 1.165) is 38.9 Å². The number of nitriles is 1.